The number of nitrogens with zero attached hydrogens (tertiary/aromatic N) is 1. The summed E-state index contributed by atoms with van der Waals surface area (Å²) in [5, 5.41) is 2.31. The first-order valence-electron chi connectivity index (χ1n) is 9.26. The number of primary amides is 1. The molecule has 0 radical (unpaired) electrons. The zero-order chi connectivity index (χ0) is 19.7. The third kappa shape index (κ3) is 3.41. The Labute approximate surface area is 163 Å². The number of halogens is 1. The highest BCUT2D eigenvalue weighted by Gasteiger charge is 2.17. The number of aromatic nitrogens is 1. The predicted octanol–water partition coefficient (Wildman–Crippen LogP) is 5.10. The van der Waals surface area contributed by atoms with Crippen LogP contribution in [0.15, 0.2) is 72.8 Å². The zero-order valence-corrected chi connectivity index (χ0v) is 15.7. The number of hydrogen-bond donors (Lipinski definition) is 1. The van der Waals surface area contributed by atoms with E-state index in [1.54, 1.807) is 12.1 Å². The van der Waals surface area contributed by atoms with E-state index < -0.39 is 5.91 Å². The molecule has 0 aliphatic heterocycles. The molecule has 0 aliphatic rings. The lowest BCUT2D eigenvalue weighted by atomic mass is 10.0. The second kappa shape index (κ2) is 7.31. The van der Waals surface area contributed by atoms with Crippen LogP contribution in [-0.4, -0.2) is 10.5 Å². The number of carbonyl (C=O) groups is 1. The Balaban J connectivity index is 1.75. The quantitative estimate of drug-likeness (QED) is 0.521. The minimum Gasteiger partial charge on any atom is -0.366 e. The molecule has 0 spiro atoms. The number of amides is 1. The number of carbonyl (C=O) groups excluding carboxylic acids is 1. The molecule has 0 aliphatic carbocycles. The maximum Gasteiger partial charge on any atom is 0.250 e. The summed E-state index contributed by atoms with van der Waals surface area (Å²) < 4.78 is 15.3. The molecule has 0 saturated carbocycles. The van der Waals surface area contributed by atoms with E-state index in [4.69, 9.17) is 5.73 Å². The summed E-state index contributed by atoms with van der Waals surface area (Å²) in [6, 6.07) is 22.8. The molecule has 0 fully saturated rings. The van der Waals surface area contributed by atoms with Crippen molar-refractivity contribution in [2.24, 2.45) is 5.73 Å². The largest absolute Gasteiger partial charge is 0.366 e. The van der Waals surface area contributed by atoms with E-state index in [2.05, 4.69) is 34.9 Å². The van der Waals surface area contributed by atoms with Crippen molar-refractivity contribution in [3.8, 4) is 11.3 Å². The van der Waals surface area contributed by atoms with Gasteiger partial charge in [-0.25, -0.2) is 4.39 Å². The monoisotopic (exact) mass is 372 g/mol. The Kier molecular flexibility index (Phi) is 4.70. The van der Waals surface area contributed by atoms with Crippen molar-refractivity contribution in [1.82, 2.24) is 4.57 Å². The minimum absolute atomic E-state index is 0.242. The Morgan fingerprint density at radius 3 is 2.39 bits per heavy atom. The van der Waals surface area contributed by atoms with Gasteiger partial charge < -0.3 is 10.3 Å². The third-order valence-corrected chi connectivity index (χ3v) is 5.21. The van der Waals surface area contributed by atoms with Gasteiger partial charge in [0.2, 0.25) is 0 Å². The first-order valence-corrected chi connectivity index (χ1v) is 9.26. The highest BCUT2D eigenvalue weighted by molar-refractivity contribution is 5.96. The molecule has 2 N–H and O–H groups in total. The van der Waals surface area contributed by atoms with Gasteiger partial charge in [-0.15, -0.1) is 0 Å². The SMILES string of the molecule is Cc1c(C(N)=O)cc(-c2ccc3ccccc3c2)n1CCc1ccc(F)cc1. The number of rotatable bonds is 5. The average molecular weight is 372 g/mol. The third-order valence-electron chi connectivity index (χ3n) is 5.21. The maximum atomic E-state index is 13.2. The molecule has 1 heterocycles. The molecule has 1 aromatic heterocycles. The van der Waals surface area contributed by atoms with Gasteiger partial charge in [0, 0.05) is 17.9 Å². The standard InChI is InChI=1S/C24H21FN2O/c1-16-22(24(26)28)15-23(20-9-8-18-4-2-3-5-19(18)14-20)27(16)13-12-17-6-10-21(25)11-7-17/h2-11,14-15H,12-13H2,1H3,(H2,26,28). The first-order chi connectivity index (χ1) is 13.5. The Morgan fingerprint density at radius 1 is 0.964 bits per heavy atom. The van der Waals surface area contributed by atoms with Gasteiger partial charge in [-0.05, 0) is 59.5 Å². The van der Waals surface area contributed by atoms with Crippen LogP contribution < -0.4 is 5.73 Å². The zero-order valence-electron chi connectivity index (χ0n) is 15.7. The molecule has 4 aromatic rings. The number of fused-ring (bicyclic) bond motifs is 1. The molecular weight excluding hydrogens is 351 g/mol. The van der Waals surface area contributed by atoms with Gasteiger partial charge >= 0.3 is 0 Å². The lowest BCUT2D eigenvalue weighted by molar-refractivity contribution is 0.0999. The average Bonchev–Trinajstić information content (AvgIpc) is 3.04. The van der Waals surface area contributed by atoms with Gasteiger partial charge in [-0.2, -0.15) is 0 Å². The lowest BCUT2D eigenvalue weighted by Crippen LogP contribution is -2.13. The lowest BCUT2D eigenvalue weighted by Gasteiger charge is -2.13. The fourth-order valence-corrected chi connectivity index (χ4v) is 3.66. The second-order valence-electron chi connectivity index (χ2n) is 6.98. The van der Waals surface area contributed by atoms with Gasteiger partial charge in [0.1, 0.15) is 5.82 Å². The van der Waals surface area contributed by atoms with Crippen LogP contribution in [0.5, 0.6) is 0 Å². The molecule has 28 heavy (non-hydrogen) atoms. The van der Waals surface area contributed by atoms with E-state index in [1.807, 2.05) is 25.1 Å². The number of benzene rings is 3. The van der Waals surface area contributed by atoms with Gasteiger partial charge in [-0.1, -0.05) is 48.5 Å². The van der Waals surface area contributed by atoms with Gasteiger partial charge in [0.25, 0.3) is 5.91 Å². The van der Waals surface area contributed by atoms with Gasteiger partial charge in [-0.3, -0.25) is 4.79 Å². The summed E-state index contributed by atoms with van der Waals surface area (Å²) in [5.74, 6) is -0.672. The molecule has 0 bridgehead atoms. The molecule has 0 atom stereocenters. The molecule has 1 amide bonds. The second-order valence-corrected chi connectivity index (χ2v) is 6.98. The molecule has 0 saturated heterocycles. The summed E-state index contributed by atoms with van der Waals surface area (Å²) >= 11 is 0. The van der Waals surface area contributed by atoms with Crippen LogP contribution in [0, 0.1) is 12.7 Å². The van der Waals surface area contributed by atoms with Crippen molar-refractivity contribution < 1.29 is 9.18 Å². The first kappa shape index (κ1) is 18.0. The van der Waals surface area contributed by atoms with E-state index in [0.717, 1.165) is 34.3 Å². The normalized spacial score (nSPS) is 11.1. The molecule has 4 heteroatoms. The number of nitrogens with two attached hydrogens (primary N) is 1. The van der Waals surface area contributed by atoms with Crippen molar-refractivity contribution in [1.29, 1.82) is 0 Å². The van der Waals surface area contributed by atoms with Crippen molar-refractivity contribution in [2.75, 3.05) is 0 Å². The topological polar surface area (TPSA) is 48.0 Å². The van der Waals surface area contributed by atoms with E-state index in [1.165, 1.54) is 17.5 Å². The summed E-state index contributed by atoms with van der Waals surface area (Å²) in [7, 11) is 0. The molecular formula is C24H21FN2O. The van der Waals surface area contributed by atoms with Gasteiger partial charge in [0.05, 0.1) is 5.56 Å². The molecule has 4 rings (SSSR count). The summed E-state index contributed by atoms with van der Waals surface area (Å²) in [5.41, 5.74) is 10.0. The predicted molar refractivity (Wildman–Crippen MR) is 111 cm³/mol. The number of hydrogen-bond acceptors (Lipinski definition) is 1. The van der Waals surface area contributed by atoms with Crippen LogP contribution in [0.4, 0.5) is 4.39 Å². The summed E-state index contributed by atoms with van der Waals surface area (Å²) in [4.78, 5) is 11.9. The van der Waals surface area contributed by atoms with E-state index in [9.17, 15) is 9.18 Å². The van der Waals surface area contributed by atoms with Crippen molar-refractivity contribution >= 4 is 16.7 Å². The molecule has 140 valence electrons. The summed E-state index contributed by atoms with van der Waals surface area (Å²) in [6.45, 7) is 2.59. The highest BCUT2D eigenvalue weighted by Crippen LogP contribution is 2.29. The maximum absolute atomic E-state index is 13.2. The fourth-order valence-electron chi connectivity index (χ4n) is 3.66. The van der Waals surface area contributed by atoms with E-state index >= 15 is 0 Å². The van der Waals surface area contributed by atoms with Crippen LogP contribution in [-0.2, 0) is 13.0 Å². The Hall–Kier alpha value is -3.40. The van der Waals surface area contributed by atoms with E-state index in [-0.39, 0.29) is 5.82 Å². The number of aryl methyl sites for hydroxylation is 1. The molecule has 0 unspecified atom stereocenters. The Morgan fingerprint density at radius 2 is 1.68 bits per heavy atom. The summed E-state index contributed by atoms with van der Waals surface area (Å²) in [6.07, 6.45) is 0.731. The molecule has 3 aromatic carbocycles. The van der Waals surface area contributed by atoms with Crippen molar-refractivity contribution in [3.63, 3.8) is 0 Å². The smallest absolute Gasteiger partial charge is 0.250 e. The Bertz CT molecular complexity index is 1160. The minimum atomic E-state index is -0.430. The van der Waals surface area contributed by atoms with Crippen LogP contribution in [0.25, 0.3) is 22.0 Å². The molecule has 3 nitrogen and oxygen atoms in total. The van der Waals surface area contributed by atoms with Crippen LogP contribution in [0.1, 0.15) is 21.6 Å². The highest BCUT2D eigenvalue weighted by atomic mass is 19.1. The van der Waals surface area contributed by atoms with Gasteiger partial charge in [0.15, 0.2) is 0 Å². The van der Waals surface area contributed by atoms with E-state index in [0.29, 0.717) is 12.1 Å². The van der Waals surface area contributed by atoms with Crippen LogP contribution >= 0.6 is 0 Å². The van der Waals surface area contributed by atoms with Crippen molar-refractivity contribution in [3.05, 3.63) is 95.4 Å². The van der Waals surface area contributed by atoms with Crippen LogP contribution in [0.2, 0.25) is 0 Å². The fraction of sp³-hybridized carbons (Fsp3) is 0.125. The van der Waals surface area contributed by atoms with Crippen LogP contribution in [0.3, 0.4) is 0 Å². The van der Waals surface area contributed by atoms with Crippen molar-refractivity contribution in [2.45, 2.75) is 19.9 Å².